The molecule has 0 aliphatic heterocycles. The van der Waals surface area contributed by atoms with Gasteiger partial charge >= 0.3 is 0 Å². The number of halogens is 2. The number of aryl methyl sites for hydroxylation is 1. The Kier molecular flexibility index (Phi) is 4.99. The fourth-order valence-electron chi connectivity index (χ4n) is 1.67. The molecule has 2 N–H and O–H groups in total. The molecular formula is C13H12Cl2N2O2S. The quantitative estimate of drug-likeness (QED) is 0.904. The molecule has 20 heavy (non-hydrogen) atoms. The average Bonchev–Trinajstić information content (AvgIpc) is 2.82. The molecule has 1 amide bonds. The van der Waals surface area contributed by atoms with Gasteiger partial charge in [-0.25, -0.2) is 4.98 Å². The van der Waals surface area contributed by atoms with E-state index in [9.17, 15) is 9.90 Å². The number of aliphatic hydroxyl groups excluding tert-OH is 1. The monoisotopic (exact) mass is 330 g/mol. The van der Waals surface area contributed by atoms with E-state index in [2.05, 4.69) is 10.3 Å². The Hall–Kier alpha value is -1.14. The van der Waals surface area contributed by atoms with Crippen LogP contribution in [0.5, 0.6) is 0 Å². The SMILES string of the molecule is Cc1ncc(C(=O)NC[C@H](O)c2c(Cl)cccc2Cl)s1. The zero-order chi connectivity index (χ0) is 14.7. The van der Waals surface area contributed by atoms with Gasteiger partial charge in [0, 0.05) is 22.2 Å². The number of hydrogen-bond acceptors (Lipinski definition) is 4. The van der Waals surface area contributed by atoms with Gasteiger partial charge in [-0.05, 0) is 19.1 Å². The number of thiazole rings is 1. The standard InChI is InChI=1S/C13H12Cl2N2O2S/c1-7-16-6-11(20-7)13(19)17-5-10(18)12-8(14)3-2-4-9(12)15/h2-4,6,10,18H,5H2,1H3,(H,17,19)/t10-/m0/s1. The van der Waals surface area contributed by atoms with Crippen LogP contribution in [0.4, 0.5) is 0 Å². The summed E-state index contributed by atoms with van der Waals surface area (Å²) in [4.78, 5) is 16.3. The first-order valence-electron chi connectivity index (χ1n) is 5.81. The zero-order valence-electron chi connectivity index (χ0n) is 10.6. The van der Waals surface area contributed by atoms with Crippen LogP contribution in [0.15, 0.2) is 24.4 Å². The molecule has 0 bridgehead atoms. The molecule has 4 nitrogen and oxygen atoms in total. The topological polar surface area (TPSA) is 62.2 Å². The first-order valence-corrected chi connectivity index (χ1v) is 7.39. The number of nitrogens with zero attached hydrogens (tertiary/aromatic N) is 1. The highest BCUT2D eigenvalue weighted by atomic mass is 35.5. The van der Waals surface area contributed by atoms with Crippen LogP contribution in [0.1, 0.15) is 26.3 Å². The number of carbonyl (C=O) groups excluding carboxylic acids is 1. The second kappa shape index (κ2) is 6.54. The summed E-state index contributed by atoms with van der Waals surface area (Å²) >= 11 is 13.3. The number of nitrogens with one attached hydrogen (secondary N) is 1. The largest absolute Gasteiger partial charge is 0.386 e. The van der Waals surface area contributed by atoms with E-state index in [1.165, 1.54) is 17.5 Å². The Bertz CT molecular complexity index is 610. The minimum Gasteiger partial charge on any atom is -0.386 e. The van der Waals surface area contributed by atoms with E-state index in [0.29, 0.717) is 20.5 Å². The summed E-state index contributed by atoms with van der Waals surface area (Å²) in [6, 6.07) is 4.97. The highest BCUT2D eigenvalue weighted by Gasteiger charge is 2.17. The summed E-state index contributed by atoms with van der Waals surface area (Å²) in [5.41, 5.74) is 0.414. The third-order valence-corrected chi connectivity index (χ3v) is 4.20. The molecule has 0 radical (unpaired) electrons. The van der Waals surface area contributed by atoms with Crippen molar-refractivity contribution in [3.8, 4) is 0 Å². The molecule has 7 heteroatoms. The number of aromatic nitrogens is 1. The first kappa shape index (κ1) is 15.3. The average molecular weight is 331 g/mol. The molecule has 0 saturated carbocycles. The number of carbonyl (C=O) groups is 1. The molecule has 0 spiro atoms. The molecule has 0 aliphatic rings. The van der Waals surface area contributed by atoms with Gasteiger partial charge in [-0.2, -0.15) is 0 Å². The van der Waals surface area contributed by atoms with Crippen molar-refractivity contribution >= 4 is 40.4 Å². The van der Waals surface area contributed by atoms with Crippen LogP contribution in [0.2, 0.25) is 10.0 Å². The Morgan fingerprint density at radius 2 is 2.10 bits per heavy atom. The smallest absolute Gasteiger partial charge is 0.263 e. The first-order chi connectivity index (χ1) is 9.49. The summed E-state index contributed by atoms with van der Waals surface area (Å²) in [5, 5.41) is 14.3. The van der Waals surface area contributed by atoms with Crippen LogP contribution in [0.25, 0.3) is 0 Å². The molecule has 1 aromatic heterocycles. The summed E-state index contributed by atoms with van der Waals surface area (Å²) < 4.78 is 0. The van der Waals surface area contributed by atoms with Crippen molar-refractivity contribution in [1.82, 2.24) is 10.3 Å². The van der Waals surface area contributed by atoms with Crippen LogP contribution >= 0.6 is 34.5 Å². The number of benzene rings is 1. The van der Waals surface area contributed by atoms with Gasteiger partial charge in [0.15, 0.2) is 0 Å². The lowest BCUT2D eigenvalue weighted by atomic mass is 10.1. The maximum atomic E-state index is 11.8. The minimum absolute atomic E-state index is 0.0270. The molecule has 2 rings (SSSR count). The van der Waals surface area contributed by atoms with Gasteiger partial charge in [0.05, 0.1) is 17.3 Å². The molecular weight excluding hydrogens is 319 g/mol. The fraction of sp³-hybridized carbons (Fsp3) is 0.231. The maximum Gasteiger partial charge on any atom is 0.263 e. The summed E-state index contributed by atoms with van der Waals surface area (Å²) in [7, 11) is 0. The van der Waals surface area contributed by atoms with Crippen LogP contribution < -0.4 is 5.32 Å². The highest BCUT2D eigenvalue weighted by Crippen LogP contribution is 2.29. The predicted octanol–water partition coefficient (Wildman–Crippen LogP) is 3.22. The van der Waals surface area contributed by atoms with E-state index in [-0.39, 0.29) is 12.5 Å². The normalized spacial score (nSPS) is 12.2. The number of amides is 1. The van der Waals surface area contributed by atoms with Gasteiger partial charge in [-0.1, -0.05) is 29.3 Å². The molecule has 1 aromatic carbocycles. The van der Waals surface area contributed by atoms with Crippen molar-refractivity contribution in [3.05, 3.63) is 49.9 Å². The molecule has 0 aliphatic carbocycles. The molecule has 1 heterocycles. The van der Waals surface area contributed by atoms with E-state index in [4.69, 9.17) is 23.2 Å². The predicted molar refractivity (Wildman–Crippen MR) is 80.6 cm³/mol. The van der Waals surface area contributed by atoms with Gasteiger partial charge in [-0.15, -0.1) is 11.3 Å². The van der Waals surface area contributed by atoms with E-state index < -0.39 is 6.10 Å². The lowest BCUT2D eigenvalue weighted by molar-refractivity contribution is 0.0920. The van der Waals surface area contributed by atoms with Crippen molar-refractivity contribution in [2.45, 2.75) is 13.0 Å². The second-order valence-corrected chi connectivity index (χ2v) is 6.15. The second-order valence-electron chi connectivity index (χ2n) is 4.10. The lowest BCUT2D eigenvalue weighted by Crippen LogP contribution is -2.28. The fourth-order valence-corrected chi connectivity index (χ4v) is 3.02. The van der Waals surface area contributed by atoms with E-state index >= 15 is 0 Å². The Morgan fingerprint density at radius 1 is 1.45 bits per heavy atom. The molecule has 1 atom stereocenters. The van der Waals surface area contributed by atoms with Crippen molar-refractivity contribution in [1.29, 1.82) is 0 Å². The number of rotatable bonds is 4. The number of hydrogen-bond donors (Lipinski definition) is 2. The van der Waals surface area contributed by atoms with Gasteiger partial charge in [0.1, 0.15) is 4.88 Å². The highest BCUT2D eigenvalue weighted by molar-refractivity contribution is 7.13. The summed E-state index contributed by atoms with van der Waals surface area (Å²) in [6.07, 6.45) is 0.540. The van der Waals surface area contributed by atoms with Gasteiger partial charge in [-0.3, -0.25) is 4.79 Å². The molecule has 0 saturated heterocycles. The maximum absolute atomic E-state index is 11.8. The Labute approximate surface area is 130 Å². The zero-order valence-corrected chi connectivity index (χ0v) is 12.9. The minimum atomic E-state index is -0.964. The van der Waals surface area contributed by atoms with Crippen molar-refractivity contribution in [2.75, 3.05) is 6.54 Å². The van der Waals surface area contributed by atoms with Gasteiger partial charge in [0.25, 0.3) is 5.91 Å². The summed E-state index contributed by atoms with van der Waals surface area (Å²) in [5.74, 6) is -0.280. The third kappa shape index (κ3) is 3.49. The van der Waals surface area contributed by atoms with E-state index in [0.717, 1.165) is 5.01 Å². The van der Waals surface area contributed by atoms with Crippen LogP contribution in [-0.4, -0.2) is 22.5 Å². The Morgan fingerprint density at radius 3 is 2.65 bits per heavy atom. The molecule has 106 valence electrons. The van der Waals surface area contributed by atoms with Gasteiger partial charge in [0.2, 0.25) is 0 Å². The Balaban J connectivity index is 2.02. The van der Waals surface area contributed by atoms with Crippen molar-refractivity contribution < 1.29 is 9.90 Å². The van der Waals surface area contributed by atoms with Crippen molar-refractivity contribution in [2.24, 2.45) is 0 Å². The van der Waals surface area contributed by atoms with E-state index in [1.807, 2.05) is 6.92 Å². The van der Waals surface area contributed by atoms with E-state index in [1.54, 1.807) is 18.2 Å². The summed E-state index contributed by atoms with van der Waals surface area (Å²) in [6.45, 7) is 1.85. The van der Waals surface area contributed by atoms with Crippen LogP contribution in [0, 0.1) is 6.92 Å². The van der Waals surface area contributed by atoms with Crippen molar-refractivity contribution in [3.63, 3.8) is 0 Å². The molecule has 0 fully saturated rings. The lowest BCUT2D eigenvalue weighted by Gasteiger charge is -2.14. The van der Waals surface area contributed by atoms with Crippen LogP contribution in [0.3, 0.4) is 0 Å². The van der Waals surface area contributed by atoms with Gasteiger partial charge < -0.3 is 10.4 Å². The molecule has 0 unspecified atom stereocenters. The number of aliphatic hydroxyl groups is 1. The molecule has 2 aromatic rings. The van der Waals surface area contributed by atoms with Crippen LogP contribution in [-0.2, 0) is 0 Å². The third-order valence-electron chi connectivity index (χ3n) is 2.63.